The van der Waals surface area contributed by atoms with E-state index < -0.39 is 9.05 Å². The van der Waals surface area contributed by atoms with Crippen LogP contribution < -0.4 is 0 Å². The molecular formula is C13H27ClO3S. The molecule has 0 bridgehead atoms. The first-order chi connectivity index (χ1) is 8.39. The number of rotatable bonds is 11. The van der Waals surface area contributed by atoms with Crippen molar-refractivity contribution in [2.75, 3.05) is 19.0 Å². The first-order valence-electron chi connectivity index (χ1n) is 6.89. The third-order valence-corrected chi connectivity index (χ3v) is 4.81. The van der Waals surface area contributed by atoms with Gasteiger partial charge in [0.1, 0.15) is 0 Å². The minimum absolute atomic E-state index is 0.00349. The van der Waals surface area contributed by atoms with Crippen LogP contribution in [0.25, 0.3) is 0 Å². The van der Waals surface area contributed by atoms with E-state index in [0.717, 1.165) is 19.3 Å². The van der Waals surface area contributed by atoms with Crippen LogP contribution >= 0.6 is 10.7 Å². The Hall–Kier alpha value is 0.200. The van der Waals surface area contributed by atoms with Gasteiger partial charge in [-0.3, -0.25) is 0 Å². The lowest BCUT2D eigenvalue weighted by molar-refractivity contribution is 0.0481. The molecular weight excluding hydrogens is 272 g/mol. The molecule has 5 heteroatoms. The summed E-state index contributed by atoms with van der Waals surface area (Å²) in [5, 5.41) is 0. The summed E-state index contributed by atoms with van der Waals surface area (Å²) in [6.45, 7) is 7.35. The molecule has 0 fully saturated rings. The van der Waals surface area contributed by atoms with Crippen molar-refractivity contribution >= 4 is 19.7 Å². The largest absolute Gasteiger partial charge is 0.381 e. The Morgan fingerprint density at radius 3 is 2.11 bits per heavy atom. The van der Waals surface area contributed by atoms with E-state index in [9.17, 15) is 8.42 Å². The van der Waals surface area contributed by atoms with Gasteiger partial charge in [-0.2, -0.15) is 0 Å². The number of hydrogen-bond donors (Lipinski definition) is 0. The molecule has 0 saturated carbocycles. The highest BCUT2D eigenvalue weighted by atomic mass is 35.7. The maximum Gasteiger partial charge on any atom is 0.233 e. The molecule has 0 rings (SSSR count). The fraction of sp³-hybridized carbons (Fsp3) is 1.00. The molecule has 0 atom stereocenters. The van der Waals surface area contributed by atoms with E-state index in [1.807, 2.05) is 13.8 Å². The highest BCUT2D eigenvalue weighted by molar-refractivity contribution is 8.13. The van der Waals surface area contributed by atoms with Crippen molar-refractivity contribution in [3.05, 3.63) is 0 Å². The lowest BCUT2D eigenvalue weighted by Crippen LogP contribution is -2.32. The van der Waals surface area contributed by atoms with Gasteiger partial charge < -0.3 is 4.74 Å². The van der Waals surface area contributed by atoms with Crippen molar-refractivity contribution in [3.63, 3.8) is 0 Å². The Morgan fingerprint density at radius 2 is 1.67 bits per heavy atom. The first-order valence-corrected chi connectivity index (χ1v) is 9.37. The number of halogens is 1. The van der Waals surface area contributed by atoms with Gasteiger partial charge in [-0.05, 0) is 19.3 Å². The minimum atomic E-state index is -3.47. The maximum atomic E-state index is 11.2. The van der Waals surface area contributed by atoms with Crippen LogP contribution in [0, 0.1) is 5.41 Å². The topological polar surface area (TPSA) is 43.4 Å². The summed E-state index contributed by atoms with van der Waals surface area (Å²) in [7, 11) is 1.91. The molecule has 110 valence electrons. The predicted octanol–water partition coefficient (Wildman–Crippen LogP) is 3.96. The summed E-state index contributed by atoms with van der Waals surface area (Å²) in [4.78, 5) is 0. The maximum absolute atomic E-state index is 11.2. The fourth-order valence-corrected chi connectivity index (χ4v) is 3.90. The van der Waals surface area contributed by atoms with Gasteiger partial charge in [-0.25, -0.2) is 8.42 Å². The van der Waals surface area contributed by atoms with Gasteiger partial charge in [0.2, 0.25) is 9.05 Å². The van der Waals surface area contributed by atoms with E-state index in [4.69, 9.17) is 15.4 Å². The van der Waals surface area contributed by atoms with Crippen molar-refractivity contribution < 1.29 is 13.2 Å². The smallest absolute Gasteiger partial charge is 0.233 e. The lowest BCUT2D eigenvalue weighted by atomic mass is 9.85. The SMILES string of the molecule is CCCCCCOCC(CC)(CC)CS(=O)(=O)Cl. The Balaban J connectivity index is 4.11. The van der Waals surface area contributed by atoms with Gasteiger partial charge in [0.05, 0.1) is 12.4 Å². The van der Waals surface area contributed by atoms with Gasteiger partial charge in [0, 0.05) is 22.7 Å². The van der Waals surface area contributed by atoms with Crippen LogP contribution in [0.5, 0.6) is 0 Å². The number of unbranched alkanes of at least 4 members (excludes halogenated alkanes) is 3. The van der Waals surface area contributed by atoms with E-state index in [0.29, 0.717) is 13.2 Å². The van der Waals surface area contributed by atoms with Crippen LogP contribution in [0.3, 0.4) is 0 Å². The van der Waals surface area contributed by atoms with E-state index in [1.165, 1.54) is 19.3 Å². The van der Waals surface area contributed by atoms with Crippen LogP contribution in [0.15, 0.2) is 0 Å². The second-order valence-electron chi connectivity index (χ2n) is 5.00. The molecule has 0 N–H and O–H groups in total. The van der Waals surface area contributed by atoms with Crippen LogP contribution in [0.2, 0.25) is 0 Å². The third kappa shape index (κ3) is 8.33. The molecule has 0 aliphatic heterocycles. The van der Waals surface area contributed by atoms with E-state index in [2.05, 4.69) is 6.92 Å². The molecule has 0 radical (unpaired) electrons. The van der Waals surface area contributed by atoms with E-state index in [-0.39, 0.29) is 11.2 Å². The van der Waals surface area contributed by atoms with Crippen LogP contribution in [0.4, 0.5) is 0 Å². The van der Waals surface area contributed by atoms with Crippen LogP contribution in [-0.2, 0) is 13.8 Å². The molecule has 0 saturated heterocycles. The van der Waals surface area contributed by atoms with Crippen LogP contribution in [0.1, 0.15) is 59.3 Å². The van der Waals surface area contributed by atoms with Crippen molar-refractivity contribution in [1.29, 1.82) is 0 Å². The zero-order chi connectivity index (χ0) is 14.1. The molecule has 3 nitrogen and oxygen atoms in total. The van der Waals surface area contributed by atoms with Crippen LogP contribution in [-0.4, -0.2) is 27.4 Å². The van der Waals surface area contributed by atoms with Crippen molar-refractivity contribution in [1.82, 2.24) is 0 Å². The molecule has 0 amide bonds. The van der Waals surface area contributed by atoms with Gasteiger partial charge in [0.25, 0.3) is 0 Å². The molecule has 0 aliphatic rings. The average molecular weight is 299 g/mol. The fourth-order valence-electron chi connectivity index (χ4n) is 1.99. The highest BCUT2D eigenvalue weighted by Gasteiger charge is 2.31. The molecule has 0 spiro atoms. The predicted molar refractivity (Wildman–Crippen MR) is 77.6 cm³/mol. The van der Waals surface area contributed by atoms with Gasteiger partial charge in [-0.15, -0.1) is 0 Å². The summed E-state index contributed by atoms with van der Waals surface area (Å²) in [5.41, 5.74) is -0.328. The van der Waals surface area contributed by atoms with E-state index >= 15 is 0 Å². The Labute approximate surface area is 117 Å². The zero-order valence-electron chi connectivity index (χ0n) is 11.9. The van der Waals surface area contributed by atoms with Crippen molar-refractivity contribution in [2.24, 2.45) is 5.41 Å². The summed E-state index contributed by atoms with van der Waals surface area (Å²) < 4.78 is 28.1. The molecule has 0 aromatic heterocycles. The number of hydrogen-bond acceptors (Lipinski definition) is 3. The molecule has 0 unspecified atom stereocenters. The molecule has 0 aromatic rings. The van der Waals surface area contributed by atoms with Gasteiger partial charge >= 0.3 is 0 Å². The third-order valence-electron chi connectivity index (χ3n) is 3.53. The zero-order valence-corrected chi connectivity index (χ0v) is 13.4. The Morgan fingerprint density at radius 1 is 1.06 bits per heavy atom. The Kier molecular flexibility index (Phi) is 9.26. The summed E-state index contributed by atoms with van der Waals surface area (Å²) in [5.74, 6) is 0.00349. The number of ether oxygens (including phenoxy) is 1. The summed E-state index contributed by atoms with van der Waals surface area (Å²) >= 11 is 0. The molecule has 0 heterocycles. The minimum Gasteiger partial charge on any atom is -0.381 e. The quantitative estimate of drug-likeness (QED) is 0.428. The van der Waals surface area contributed by atoms with Crippen molar-refractivity contribution in [3.8, 4) is 0 Å². The summed E-state index contributed by atoms with van der Waals surface area (Å²) in [6, 6.07) is 0. The van der Waals surface area contributed by atoms with E-state index in [1.54, 1.807) is 0 Å². The second-order valence-corrected chi connectivity index (χ2v) is 7.78. The van der Waals surface area contributed by atoms with Gasteiger partial charge in [-0.1, -0.05) is 40.0 Å². The standard InChI is InChI=1S/C13H27ClO3S/c1-4-7-8-9-10-17-11-13(5-2,6-3)12-18(14,15)16/h4-12H2,1-3H3. The Bertz CT molecular complexity index is 297. The lowest BCUT2D eigenvalue weighted by Gasteiger charge is -2.30. The normalized spacial score (nSPS) is 12.9. The molecule has 0 aromatic carbocycles. The second kappa shape index (κ2) is 9.16. The average Bonchev–Trinajstić information content (AvgIpc) is 2.30. The molecule has 18 heavy (non-hydrogen) atoms. The highest BCUT2D eigenvalue weighted by Crippen LogP contribution is 2.30. The summed E-state index contributed by atoms with van der Waals surface area (Å²) in [6.07, 6.45) is 6.19. The molecule has 0 aliphatic carbocycles. The van der Waals surface area contributed by atoms with Gasteiger partial charge in [0.15, 0.2) is 0 Å². The first kappa shape index (κ1) is 18.2. The monoisotopic (exact) mass is 298 g/mol. The van der Waals surface area contributed by atoms with Crippen molar-refractivity contribution in [2.45, 2.75) is 59.3 Å².